The number of hydrogen-bond acceptors (Lipinski definition) is 3. The van der Waals surface area contributed by atoms with Gasteiger partial charge in [0, 0.05) is 25.7 Å². The third-order valence-electron chi connectivity index (χ3n) is 4.28. The van der Waals surface area contributed by atoms with Crippen LogP contribution in [0.3, 0.4) is 0 Å². The first kappa shape index (κ1) is 16.9. The molecule has 0 radical (unpaired) electrons. The lowest BCUT2D eigenvalue weighted by molar-refractivity contribution is -0.00142. The fraction of sp³-hybridized carbons (Fsp3) is 1.00. The van der Waals surface area contributed by atoms with E-state index in [0.29, 0.717) is 6.10 Å². The zero-order chi connectivity index (χ0) is 13.9. The summed E-state index contributed by atoms with van der Waals surface area (Å²) in [5.74, 6) is 0. The van der Waals surface area contributed by atoms with Crippen LogP contribution in [-0.2, 0) is 4.74 Å². The van der Waals surface area contributed by atoms with Crippen LogP contribution in [0.2, 0.25) is 0 Å². The Labute approximate surface area is 119 Å². The molecule has 1 unspecified atom stereocenters. The molecule has 0 amide bonds. The highest BCUT2D eigenvalue weighted by atomic mass is 16.5. The molecule has 114 valence electrons. The van der Waals surface area contributed by atoms with Crippen LogP contribution in [0.1, 0.15) is 65.2 Å². The minimum absolute atomic E-state index is 0.482. The maximum atomic E-state index is 5.86. The summed E-state index contributed by atoms with van der Waals surface area (Å²) in [5, 5.41) is 0. The maximum absolute atomic E-state index is 5.86. The zero-order valence-electron chi connectivity index (χ0n) is 13.1. The highest BCUT2D eigenvalue weighted by Crippen LogP contribution is 2.19. The van der Waals surface area contributed by atoms with Crippen LogP contribution in [0, 0.1) is 0 Å². The first-order chi connectivity index (χ1) is 9.27. The van der Waals surface area contributed by atoms with Gasteiger partial charge in [-0.15, -0.1) is 0 Å². The van der Waals surface area contributed by atoms with Crippen molar-refractivity contribution < 1.29 is 4.74 Å². The lowest BCUT2D eigenvalue weighted by Crippen LogP contribution is -2.42. The van der Waals surface area contributed by atoms with Crippen molar-refractivity contribution in [3.8, 4) is 0 Å². The van der Waals surface area contributed by atoms with Crippen molar-refractivity contribution in [3.05, 3.63) is 0 Å². The average molecular weight is 270 g/mol. The third kappa shape index (κ3) is 7.28. The third-order valence-corrected chi connectivity index (χ3v) is 4.28. The summed E-state index contributed by atoms with van der Waals surface area (Å²) < 4.78 is 5.86. The lowest BCUT2D eigenvalue weighted by atomic mass is 10.0. The van der Waals surface area contributed by atoms with E-state index in [1.54, 1.807) is 0 Å². The monoisotopic (exact) mass is 270 g/mol. The smallest absolute Gasteiger partial charge is 0.0599 e. The molecule has 1 rings (SSSR count). The molecule has 19 heavy (non-hydrogen) atoms. The molecule has 0 bridgehead atoms. The van der Waals surface area contributed by atoms with Gasteiger partial charge < -0.3 is 15.4 Å². The van der Waals surface area contributed by atoms with Crippen molar-refractivity contribution in [2.24, 2.45) is 5.73 Å². The molecule has 3 heteroatoms. The predicted octanol–water partition coefficient (Wildman–Crippen LogP) is 3.18. The van der Waals surface area contributed by atoms with E-state index >= 15 is 0 Å². The molecule has 0 aliphatic carbocycles. The Balaban J connectivity index is 2.07. The molecule has 1 atom stereocenters. The fourth-order valence-corrected chi connectivity index (χ4v) is 2.87. The van der Waals surface area contributed by atoms with Crippen molar-refractivity contribution in [2.45, 2.75) is 77.4 Å². The van der Waals surface area contributed by atoms with Crippen molar-refractivity contribution in [3.63, 3.8) is 0 Å². The summed E-state index contributed by atoms with van der Waals surface area (Å²) >= 11 is 0. The van der Waals surface area contributed by atoms with Crippen LogP contribution in [-0.4, -0.2) is 43.3 Å². The first-order valence-electron chi connectivity index (χ1n) is 8.33. The van der Waals surface area contributed by atoms with Gasteiger partial charge in [0.2, 0.25) is 0 Å². The number of rotatable bonds is 10. The molecule has 1 aliphatic heterocycles. The van der Waals surface area contributed by atoms with Gasteiger partial charge in [-0.05, 0) is 39.2 Å². The van der Waals surface area contributed by atoms with Gasteiger partial charge in [0.1, 0.15) is 0 Å². The minimum atomic E-state index is 0.482. The standard InChI is InChI=1S/C16H34N2O/c1-3-4-5-6-8-15(2)18-12-9-16(10-13-18)19-14-7-11-17/h15-16H,3-14,17H2,1-2H3. The van der Waals surface area contributed by atoms with Crippen LogP contribution in [0.15, 0.2) is 0 Å². The summed E-state index contributed by atoms with van der Waals surface area (Å²) in [6, 6.07) is 0.752. The Morgan fingerprint density at radius 3 is 2.53 bits per heavy atom. The molecule has 1 fully saturated rings. The second-order valence-corrected chi connectivity index (χ2v) is 5.95. The number of likely N-dealkylation sites (tertiary alicyclic amines) is 1. The Kier molecular flexibility index (Phi) is 9.48. The summed E-state index contributed by atoms with van der Waals surface area (Å²) in [4.78, 5) is 2.65. The molecule has 0 spiro atoms. The molecule has 0 saturated carbocycles. The van der Waals surface area contributed by atoms with Gasteiger partial charge >= 0.3 is 0 Å². The second-order valence-electron chi connectivity index (χ2n) is 5.95. The SMILES string of the molecule is CCCCCCC(C)N1CCC(OCCCN)CC1. The number of unbranched alkanes of at least 4 members (excludes halogenated alkanes) is 3. The molecule has 1 saturated heterocycles. The summed E-state index contributed by atoms with van der Waals surface area (Å²) in [5.41, 5.74) is 5.49. The van der Waals surface area contributed by atoms with E-state index in [1.165, 1.54) is 58.0 Å². The van der Waals surface area contributed by atoms with Crippen molar-refractivity contribution in [1.82, 2.24) is 4.90 Å². The summed E-state index contributed by atoms with van der Waals surface area (Å²) in [6.45, 7) is 8.67. The molecule has 3 nitrogen and oxygen atoms in total. The van der Waals surface area contributed by atoms with Gasteiger partial charge in [0.25, 0.3) is 0 Å². The lowest BCUT2D eigenvalue weighted by Gasteiger charge is -2.36. The van der Waals surface area contributed by atoms with E-state index in [2.05, 4.69) is 18.7 Å². The summed E-state index contributed by atoms with van der Waals surface area (Å²) in [6.07, 6.45) is 10.8. The highest BCUT2D eigenvalue weighted by Gasteiger charge is 2.22. The Bertz CT molecular complexity index is 203. The number of nitrogens with two attached hydrogens (primary N) is 1. The van der Waals surface area contributed by atoms with E-state index in [0.717, 1.165) is 25.6 Å². The Hall–Kier alpha value is -0.120. The summed E-state index contributed by atoms with van der Waals surface area (Å²) in [7, 11) is 0. The molecule has 2 N–H and O–H groups in total. The van der Waals surface area contributed by atoms with Crippen LogP contribution in [0.4, 0.5) is 0 Å². The minimum Gasteiger partial charge on any atom is -0.378 e. The van der Waals surface area contributed by atoms with Gasteiger partial charge in [0.05, 0.1) is 6.10 Å². The van der Waals surface area contributed by atoms with Crippen molar-refractivity contribution >= 4 is 0 Å². The number of piperidine rings is 1. The Morgan fingerprint density at radius 1 is 1.16 bits per heavy atom. The van der Waals surface area contributed by atoms with Gasteiger partial charge in [-0.3, -0.25) is 0 Å². The maximum Gasteiger partial charge on any atom is 0.0599 e. The largest absolute Gasteiger partial charge is 0.378 e. The van der Waals surface area contributed by atoms with Crippen molar-refractivity contribution in [1.29, 1.82) is 0 Å². The molecule has 1 aliphatic rings. The first-order valence-corrected chi connectivity index (χ1v) is 8.33. The normalized spacial score (nSPS) is 19.7. The molecule has 1 heterocycles. The van der Waals surface area contributed by atoms with Gasteiger partial charge in [0.15, 0.2) is 0 Å². The average Bonchev–Trinajstić information content (AvgIpc) is 2.44. The molecule has 0 aromatic carbocycles. The number of hydrogen-bond donors (Lipinski definition) is 1. The topological polar surface area (TPSA) is 38.5 Å². The predicted molar refractivity (Wildman–Crippen MR) is 82.4 cm³/mol. The van der Waals surface area contributed by atoms with E-state index < -0.39 is 0 Å². The molecular weight excluding hydrogens is 236 g/mol. The van der Waals surface area contributed by atoms with Crippen LogP contribution < -0.4 is 5.73 Å². The van der Waals surface area contributed by atoms with Gasteiger partial charge in [-0.2, -0.15) is 0 Å². The van der Waals surface area contributed by atoms with Crippen molar-refractivity contribution in [2.75, 3.05) is 26.2 Å². The molecular formula is C16H34N2O. The van der Waals surface area contributed by atoms with Crippen LogP contribution in [0.25, 0.3) is 0 Å². The second kappa shape index (κ2) is 10.6. The van der Waals surface area contributed by atoms with E-state index in [-0.39, 0.29) is 0 Å². The van der Waals surface area contributed by atoms with Gasteiger partial charge in [-0.1, -0.05) is 32.6 Å². The van der Waals surface area contributed by atoms with Gasteiger partial charge in [-0.25, -0.2) is 0 Å². The number of ether oxygens (including phenoxy) is 1. The van der Waals surface area contributed by atoms with E-state index in [1.807, 2.05) is 0 Å². The van der Waals surface area contributed by atoms with E-state index in [9.17, 15) is 0 Å². The van der Waals surface area contributed by atoms with E-state index in [4.69, 9.17) is 10.5 Å². The zero-order valence-corrected chi connectivity index (χ0v) is 13.1. The number of nitrogens with zero attached hydrogens (tertiary/aromatic N) is 1. The Morgan fingerprint density at radius 2 is 1.89 bits per heavy atom. The quantitative estimate of drug-likeness (QED) is 0.620. The molecule has 0 aromatic rings. The highest BCUT2D eigenvalue weighted by molar-refractivity contribution is 4.76. The van der Waals surface area contributed by atoms with Crippen LogP contribution in [0.5, 0.6) is 0 Å². The molecule has 0 aromatic heterocycles. The fourth-order valence-electron chi connectivity index (χ4n) is 2.87. The van der Waals surface area contributed by atoms with Crippen LogP contribution >= 0.6 is 0 Å².